The van der Waals surface area contributed by atoms with E-state index in [4.69, 9.17) is 4.74 Å². The van der Waals surface area contributed by atoms with Crippen molar-refractivity contribution < 1.29 is 35.9 Å². The Bertz CT molecular complexity index is 1440. The number of nitrogens with one attached hydrogen (secondary N) is 1. The van der Waals surface area contributed by atoms with Gasteiger partial charge in [-0.25, -0.2) is 5.01 Å². The van der Waals surface area contributed by atoms with Crippen LogP contribution < -0.4 is 5.43 Å². The SMILES string of the molecule is O=C(c1cc(C(F)(F)F)cc(C(F)(F)F)c1)N1CCN(C/C=C/CNN2CCOCC2)C[C@H]1Cc1ccc2ccccc2c1. The summed E-state index contributed by atoms with van der Waals surface area (Å²) in [6.07, 6.45) is -5.67. The van der Waals surface area contributed by atoms with Crippen molar-refractivity contribution in [1.29, 1.82) is 0 Å². The van der Waals surface area contributed by atoms with Gasteiger partial charge in [0.25, 0.3) is 5.91 Å². The van der Waals surface area contributed by atoms with Crippen molar-refractivity contribution >= 4 is 16.7 Å². The number of halogens is 6. The van der Waals surface area contributed by atoms with Crippen LogP contribution in [0.2, 0.25) is 0 Å². The van der Waals surface area contributed by atoms with Crippen LogP contribution in [0.25, 0.3) is 10.8 Å². The van der Waals surface area contributed by atoms with Crippen LogP contribution in [0.5, 0.6) is 0 Å². The van der Waals surface area contributed by atoms with Crippen LogP contribution in [0.3, 0.4) is 0 Å². The maximum absolute atomic E-state index is 13.7. The summed E-state index contributed by atoms with van der Waals surface area (Å²) in [5, 5.41) is 4.13. The molecule has 44 heavy (non-hydrogen) atoms. The summed E-state index contributed by atoms with van der Waals surface area (Å²) in [4.78, 5) is 17.2. The lowest BCUT2D eigenvalue weighted by Gasteiger charge is -2.41. The molecule has 1 amide bonds. The molecule has 1 atom stereocenters. The molecular weight excluding hydrogens is 586 g/mol. The molecule has 0 radical (unpaired) electrons. The highest BCUT2D eigenvalue weighted by Gasteiger charge is 2.39. The third-order valence-corrected chi connectivity index (χ3v) is 7.92. The van der Waals surface area contributed by atoms with Gasteiger partial charge in [-0.15, -0.1) is 0 Å². The molecule has 2 heterocycles. The molecule has 0 bridgehead atoms. The molecule has 5 rings (SSSR count). The second-order valence-electron chi connectivity index (χ2n) is 11.0. The molecule has 2 saturated heterocycles. The number of hydrogen-bond donors (Lipinski definition) is 1. The van der Waals surface area contributed by atoms with Crippen molar-refractivity contribution in [2.75, 3.05) is 59.0 Å². The van der Waals surface area contributed by atoms with Gasteiger partial charge in [-0.3, -0.25) is 15.1 Å². The van der Waals surface area contributed by atoms with Crippen LogP contribution in [0.15, 0.2) is 72.8 Å². The van der Waals surface area contributed by atoms with E-state index in [0.29, 0.717) is 57.9 Å². The molecule has 2 fully saturated rings. The Hall–Kier alpha value is -3.45. The molecule has 0 unspecified atom stereocenters. The Morgan fingerprint density at radius 3 is 2.20 bits per heavy atom. The van der Waals surface area contributed by atoms with Gasteiger partial charge >= 0.3 is 12.4 Å². The minimum absolute atomic E-state index is 0.0432. The summed E-state index contributed by atoms with van der Waals surface area (Å²) in [7, 11) is 0. The lowest BCUT2D eigenvalue weighted by atomic mass is 9.97. The van der Waals surface area contributed by atoms with Gasteiger partial charge in [0.05, 0.1) is 24.3 Å². The van der Waals surface area contributed by atoms with Gasteiger partial charge in [0, 0.05) is 57.4 Å². The standard InChI is InChI=1S/C32H34F6N4O2/c33-31(34,35)27-19-26(20-28(21-27)32(36,37)38)30(43)42-12-11-40(10-4-3-9-39-41-13-15-44-16-14-41)22-29(42)18-23-7-8-24-5-1-2-6-25(24)17-23/h1-8,17,19-21,29,39H,9-16,18,22H2/b4-3+/t29-/m1/s1. The predicted molar refractivity (Wildman–Crippen MR) is 155 cm³/mol. The van der Waals surface area contributed by atoms with Crippen molar-refractivity contribution in [1.82, 2.24) is 20.2 Å². The van der Waals surface area contributed by atoms with E-state index in [2.05, 4.69) is 15.3 Å². The van der Waals surface area contributed by atoms with Crippen molar-refractivity contribution in [2.24, 2.45) is 0 Å². The average Bonchev–Trinajstić information content (AvgIpc) is 3.00. The first-order valence-electron chi connectivity index (χ1n) is 14.5. The van der Waals surface area contributed by atoms with Crippen LogP contribution in [-0.4, -0.2) is 85.8 Å². The molecule has 0 aliphatic carbocycles. The smallest absolute Gasteiger partial charge is 0.379 e. The van der Waals surface area contributed by atoms with Crippen LogP contribution in [-0.2, 0) is 23.5 Å². The van der Waals surface area contributed by atoms with Crippen LogP contribution in [0.1, 0.15) is 27.0 Å². The molecule has 0 aromatic heterocycles. The van der Waals surface area contributed by atoms with Gasteiger partial charge in [-0.05, 0) is 41.0 Å². The van der Waals surface area contributed by atoms with Gasteiger partial charge in [-0.1, -0.05) is 54.6 Å². The van der Waals surface area contributed by atoms with Crippen LogP contribution in [0.4, 0.5) is 26.3 Å². The lowest BCUT2D eigenvalue weighted by molar-refractivity contribution is -0.143. The highest BCUT2D eigenvalue weighted by atomic mass is 19.4. The number of carbonyl (C=O) groups is 1. The average molecular weight is 621 g/mol. The summed E-state index contributed by atoms with van der Waals surface area (Å²) >= 11 is 0. The summed E-state index contributed by atoms with van der Waals surface area (Å²) in [6.45, 7) is 5.17. The normalized spacial score (nSPS) is 19.2. The predicted octanol–water partition coefficient (Wildman–Crippen LogP) is 5.64. The molecule has 236 valence electrons. The number of hydrazine groups is 1. The largest absolute Gasteiger partial charge is 0.416 e. The quantitative estimate of drug-likeness (QED) is 0.261. The molecule has 12 heteroatoms. The van der Waals surface area contributed by atoms with Gasteiger partial charge in [0.2, 0.25) is 0 Å². The topological polar surface area (TPSA) is 48.1 Å². The molecule has 2 aliphatic rings. The van der Waals surface area contributed by atoms with E-state index in [9.17, 15) is 31.1 Å². The van der Waals surface area contributed by atoms with E-state index in [-0.39, 0.29) is 12.6 Å². The minimum atomic E-state index is -5.04. The second kappa shape index (κ2) is 13.7. The molecule has 2 aliphatic heterocycles. The lowest BCUT2D eigenvalue weighted by Crippen LogP contribution is -2.56. The second-order valence-corrected chi connectivity index (χ2v) is 11.0. The number of nitrogens with zero attached hydrogens (tertiary/aromatic N) is 3. The number of rotatable bonds is 8. The number of amides is 1. The maximum atomic E-state index is 13.7. The minimum Gasteiger partial charge on any atom is -0.379 e. The fourth-order valence-electron chi connectivity index (χ4n) is 5.62. The molecule has 6 nitrogen and oxygen atoms in total. The summed E-state index contributed by atoms with van der Waals surface area (Å²) in [6, 6.07) is 14.3. The van der Waals surface area contributed by atoms with E-state index < -0.39 is 41.0 Å². The molecule has 0 saturated carbocycles. The number of fused-ring (bicyclic) bond motifs is 1. The number of carbonyl (C=O) groups excluding carboxylic acids is 1. The Kier molecular flexibility index (Phi) is 9.94. The van der Waals surface area contributed by atoms with Crippen LogP contribution in [0, 0.1) is 0 Å². The highest BCUT2D eigenvalue weighted by Crippen LogP contribution is 2.37. The van der Waals surface area contributed by atoms with Crippen molar-refractivity contribution in [3.05, 3.63) is 95.1 Å². The van der Waals surface area contributed by atoms with Gasteiger partial charge in [0.15, 0.2) is 0 Å². The number of piperazine rings is 1. The number of ether oxygens (including phenoxy) is 1. The van der Waals surface area contributed by atoms with Crippen molar-refractivity contribution in [3.8, 4) is 0 Å². The van der Waals surface area contributed by atoms with Gasteiger partial charge < -0.3 is 9.64 Å². The zero-order chi connectivity index (χ0) is 31.3. The fourth-order valence-corrected chi connectivity index (χ4v) is 5.62. The monoisotopic (exact) mass is 620 g/mol. The first-order valence-corrected chi connectivity index (χ1v) is 14.5. The Labute approximate surface area is 251 Å². The Morgan fingerprint density at radius 2 is 1.52 bits per heavy atom. The number of benzene rings is 3. The highest BCUT2D eigenvalue weighted by molar-refractivity contribution is 5.95. The number of hydrogen-bond acceptors (Lipinski definition) is 5. The Morgan fingerprint density at radius 1 is 0.841 bits per heavy atom. The van der Waals surface area contributed by atoms with E-state index >= 15 is 0 Å². The summed E-state index contributed by atoms with van der Waals surface area (Å²) in [5.41, 5.74) is 0.602. The Balaban J connectivity index is 1.35. The first kappa shape index (κ1) is 32.0. The van der Waals surface area contributed by atoms with E-state index in [1.807, 2.05) is 54.6 Å². The first-order chi connectivity index (χ1) is 21.0. The zero-order valence-corrected chi connectivity index (χ0v) is 24.0. The third-order valence-electron chi connectivity index (χ3n) is 7.92. The third kappa shape index (κ3) is 8.17. The number of alkyl halides is 6. The van der Waals surface area contributed by atoms with Crippen molar-refractivity contribution in [2.45, 2.75) is 24.8 Å². The van der Waals surface area contributed by atoms with Gasteiger partial charge in [0.1, 0.15) is 0 Å². The van der Waals surface area contributed by atoms with Crippen molar-refractivity contribution in [3.63, 3.8) is 0 Å². The van der Waals surface area contributed by atoms with E-state index in [0.717, 1.165) is 29.4 Å². The molecule has 0 spiro atoms. The molecule has 3 aromatic carbocycles. The van der Waals surface area contributed by atoms with Gasteiger partial charge in [-0.2, -0.15) is 26.3 Å². The van der Waals surface area contributed by atoms with Crippen LogP contribution >= 0.6 is 0 Å². The number of morpholine rings is 1. The summed E-state index contributed by atoms with van der Waals surface area (Å²) in [5.74, 6) is -0.850. The molecule has 3 aromatic rings. The molecule has 1 N–H and O–H groups in total. The molecular formula is C32H34F6N4O2. The van der Waals surface area contributed by atoms with E-state index in [1.54, 1.807) is 0 Å². The van der Waals surface area contributed by atoms with E-state index in [1.165, 1.54) is 4.90 Å². The maximum Gasteiger partial charge on any atom is 0.416 e. The summed E-state index contributed by atoms with van der Waals surface area (Å²) < 4.78 is 86.6. The zero-order valence-electron chi connectivity index (χ0n) is 24.0. The fraction of sp³-hybridized carbons (Fsp3) is 0.406.